The fourth-order valence-corrected chi connectivity index (χ4v) is 5.54. The van der Waals surface area contributed by atoms with Crippen molar-refractivity contribution in [1.82, 2.24) is 0 Å². The van der Waals surface area contributed by atoms with E-state index in [1.54, 1.807) is 0 Å². The molecule has 100 valence electrons. The van der Waals surface area contributed by atoms with Crippen molar-refractivity contribution in [3.63, 3.8) is 0 Å². The third-order valence-electron chi connectivity index (χ3n) is 4.20. The van der Waals surface area contributed by atoms with Crippen LogP contribution in [0.1, 0.15) is 49.9 Å². The zero-order chi connectivity index (χ0) is 13.3. The molecule has 1 aromatic rings. The zero-order valence-corrected chi connectivity index (χ0v) is 15.6. The summed E-state index contributed by atoms with van der Waals surface area (Å²) in [6.45, 7) is 4.83. The molecule has 0 radical (unpaired) electrons. The Morgan fingerprint density at radius 1 is 1.22 bits per heavy atom. The van der Waals surface area contributed by atoms with Gasteiger partial charge in [-0.3, -0.25) is 0 Å². The van der Waals surface area contributed by atoms with Crippen LogP contribution >= 0.6 is 47.8 Å². The highest BCUT2D eigenvalue weighted by molar-refractivity contribution is 9.11. The van der Waals surface area contributed by atoms with Gasteiger partial charge in [0, 0.05) is 13.8 Å². The van der Waals surface area contributed by atoms with E-state index in [1.165, 1.54) is 35.7 Å². The maximum atomic E-state index is 3.96. The molecule has 0 nitrogen and oxygen atoms in total. The van der Waals surface area contributed by atoms with Crippen molar-refractivity contribution in [2.75, 3.05) is 0 Å². The summed E-state index contributed by atoms with van der Waals surface area (Å²) in [6.07, 6.45) is 5.40. The zero-order valence-electron chi connectivity index (χ0n) is 10.8. The van der Waals surface area contributed by atoms with Crippen LogP contribution in [-0.4, -0.2) is 0 Å². The van der Waals surface area contributed by atoms with Gasteiger partial charge in [0.1, 0.15) is 0 Å². The maximum absolute atomic E-state index is 3.96. The lowest BCUT2D eigenvalue weighted by atomic mass is 9.67. The van der Waals surface area contributed by atoms with Gasteiger partial charge >= 0.3 is 0 Å². The lowest BCUT2D eigenvalue weighted by Gasteiger charge is -2.41. The molecule has 2 rings (SSSR count). The van der Waals surface area contributed by atoms with Gasteiger partial charge < -0.3 is 0 Å². The molecule has 1 aromatic carbocycles. The molecule has 1 aliphatic rings. The SMILES string of the molecule is CC1(C)CCCCC1C(Br)c1cc(Br)ccc1Br. The third-order valence-corrected chi connectivity index (χ3v) is 6.55. The predicted octanol–water partition coefficient (Wildman–Crippen LogP) is 6.86. The van der Waals surface area contributed by atoms with E-state index in [-0.39, 0.29) is 0 Å². The summed E-state index contributed by atoms with van der Waals surface area (Å²) >= 11 is 11.2. The maximum Gasteiger partial charge on any atom is 0.0440 e. The van der Waals surface area contributed by atoms with Gasteiger partial charge in [-0.15, -0.1) is 0 Å². The molecular formula is C15H19Br3. The van der Waals surface area contributed by atoms with Crippen molar-refractivity contribution in [2.45, 2.75) is 44.4 Å². The fraction of sp³-hybridized carbons (Fsp3) is 0.600. The first-order chi connectivity index (χ1) is 8.42. The lowest BCUT2D eigenvalue weighted by Crippen LogP contribution is -2.30. The Hall–Kier alpha value is 0.660. The molecule has 0 amide bonds. The Balaban J connectivity index is 2.29. The van der Waals surface area contributed by atoms with E-state index in [2.05, 4.69) is 79.8 Å². The minimum atomic E-state index is 0.425. The average molecular weight is 439 g/mol. The third kappa shape index (κ3) is 3.21. The van der Waals surface area contributed by atoms with Gasteiger partial charge in [0.25, 0.3) is 0 Å². The van der Waals surface area contributed by atoms with Gasteiger partial charge in [-0.25, -0.2) is 0 Å². The monoisotopic (exact) mass is 436 g/mol. The number of benzene rings is 1. The minimum absolute atomic E-state index is 0.425. The summed E-state index contributed by atoms with van der Waals surface area (Å²) in [5, 5.41) is 0. The lowest BCUT2D eigenvalue weighted by molar-refractivity contribution is 0.136. The molecule has 1 aliphatic carbocycles. The molecule has 1 saturated carbocycles. The molecule has 0 aliphatic heterocycles. The summed E-state index contributed by atoms with van der Waals surface area (Å²) in [6, 6.07) is 6.44. The Bertz CT molecular complexity index is 426. The van der Waals surface area contributed by atoms with Crippen molar-refractivity contribution in [1.29, 1.82) is 0 Å². The van der Waals surface area contributed by atoms with Crippen LogP contribution in [0, 0.1) is 11.3 Å². The number of rotatable bonds is 2. The van der Waals surface area contributed by atoms with Gasteiger partial charge in [0.05, 0.1) is 0 Å². The number of halogens is 3. The Labute approximate surface area is 135 Å². The van der Waals surface area contributed by atoms with Gasteiger partial charge in [0.2, 0.25) is 0 Å². The molecule has 0 saturated heterocycles. The van der Waals surface area contributed by atoms with Gasteiger partial charge in [0.15, 0.2) is 0 Å². The second-order valence-corrected chi connectivity index (χ2v) is 8.66. The summed E-state index contributed by atoms with van der Waals surface area (Å²) in [5.74, 6) is 0.705. The molecule has 1 fully saturated rings. The standard InChI is InChI=1S/C15H19Br3/c1-15(2)8-4-3-5-12(15)14(18)11-9-10(16)6-7-13(11)17/h6-7,9,12,14H,3-5,8H2,1-2H3. The molecule has 0 aromatic heterocycles. The summed E-state index contributed by atoms with van der Waals surface area (Å²) in [4.78, 5) is 0.430. The van der Waals surface area contributed by atoms with Crippen LogP contribution in [0.25, 0.3) is 0 Å². The quantitative estimate of drug-likeness (QED) is 0.442. The molecule has 0 N–H and O–H groups in total. The smallest absolute Gasteiger partial charge is 0.0440 e. The number of alkyl halides is 1. The van der Waals surface area contributed by atoms with Crippen LogP contribution in [-0.2, 0) is 0 Å². The molecule has 2 unspecified atom stereocenters. The summed E-state index contributed by atoms with van der Waals surface area (Å²) in [7, 11) is 0. The van der Waals surface area contributed by atoms with Crippen molar-refractivity contribution in [2.24, 2.45) is 11.3 Å². The Kier molecular flexibility index (Phi) is 4.99. The molecule has 0 spiro atoms. The highest BCUT2D eigenvalue weighted by Crippen LogP contribution is 2.51. The Morgan fingerprint density at radius 2 is 1.94 bits per heavy atom. The van der Waals surface area contributed by atoms with Crippen molar-refractivity contribution >= 4 is 47.8 Å². The summed E-state index contributed by atoms with van der Waals surface area (Å²) in [5.41, 5.74) is 1.79. The van der Waals surface area contributed by atoms with Crippen LogP contribution in [0.4, 0.5) is 0 Å². The minimum Gasteiger partial charge on any atom is -0.0835 e. The Morgan fingerprint density at radius 3 is 2.61 bits per heavy atom. The molecule has 0 heterocycles. The van der Waals surface area contributed by atoms with Gasteiger partial charge in [-0.1, -0.05) is 74.5 Å². The van der Waals surface area contributed by atoms with Crippen molar-refractivity contribution in [3.05, 3.63) is 32.7 Å². The van der Waals surface area contributed by atoms with E-state index in [4.69, 9.17) is 0 Å². The highest BCUT2D eigenvalue weighted by atomic mass is 79.9. The highest BCUT2D eigenvalue weighted by Gasteiger charge is 2.37. The van der Waals surface area contributed by atoms with Gasteiger partial charge in [-0.05, 0) is 47.9 Å². The van der Waals surface area contributed by atoms with E-state index in [0.717, 1.165) is 4.47 Å². The fourth-order valence-electron chi connectivity index (χ4n) is 3.01. The summed E-state index contributed by atoms with van der Waals surface area (Å²) < 4.78 is 2.35. The largest absolute Gasteiger partial charge is 0.0835 e. The first-order valence-corrected chi connectivity index (χ1v) is 9.01. The first-order valence-electron chi connectivity index (χ1n) is 6.51. The topological polar surface area (TPSA) is 0 Å². The normalized spacial score (nSPS) is 24.8. The molecule has 3 heteroatoms. The molecule has 18 heavy (non-hydrogen) atoms. The molecule has 0 bridgehead atoms. The molecule has 2 atom stereocenters. The number of hydrogen-bond acceptors (Lipinski definition) is 0. The number of hydrogen-bond donors (Lipinski definition) is 0. The predicted molar refractivity (Wildman–Crippen MR) is 89.2 cm³/mol. The van der Waals surface area contributed by atoms with Gasteiger partial charge in [-0.2, -0.15) is 0 Å². The van der Waals surface area contributed by atoms with E-state index in [1.807, 2.05) is 0 Å². The van der Waals surface area contributed by atoms with E-state index in [9.17, 15) is 0 Å². The first kappa shape index (κ1) is 15.1. The van der Waals surface area contributed by atoms with Crippen LogP contribution < -0.4 is 0 Å². The van der Waals surface area contributed by atoms with E-state index >= 15 is 0 Å². The second kappa shape index (κ2) is 5.97. The van der Waals surface area contributed by atoms with E-state index < -0.39 is 0 Å². The van der Waals surface area contributed by atoms with Crippen LogP contribution in [0.15, 0.2) is 27.1 Å². The second-order valence-electron chi connectivity index (χ2n) is 5.91. The van der Waals surface area contributed by atoms with E-state index in [0.29, 0.717) is 16.2 Å². The van der Waals surface area contributed by atoms with Crippen molar-refractivity contribution < 1.29 is 0 Å². The van der Waals surface area contributed by atoms with Crippen LogP contribution in [0.3, 0.4) is 0 Å². The van der Waals surface area contributed by atoms with Crippen LogP contribution in [0.5, 0.6) is 0 Å². The van der Waals surface area contributed by atoms with Crippen molar-refractivity contribution in [3.8, 4) is 0 Å². The average Bonchev–Trinajstić information content (AvgIpc) is 2.31. The van der Waals surface area contributed by atoms with Crippen LogP contribution in [0.2, 0.25) is 0 Å². The molecular weight excluding hydrogens is 420 g/mol.